The van der Waals surface area contributed by atoms with Gasteiger partial charge in [-0.25, -0.2) is 4.98 Å². The molecule has 0 saturated carbocycles. The second-order valence-corrected chi connectivity index (χ2v) is 5.81. The van der Waals surface area contributed by atoms with Gasteiger partial charge in [-0.2, -0.15) is 0 Å². The normalized spacial score (nSPS) is 10.4. The summed E-state index contributed by atoms with van der Waals surface area (Å²) >= 11 is 1.46. The molecule has 21 heavy (non-hydrogen) atoms. The molecule has 0 atom stereocenters. The Labute approximate surface area is 127 Å². The molecule has 1 aromatic carbocycles. The number of amides is 1. The smallest absolute Gasteiger partial charge is 0.226 e. The Kier molecular flexibility index (Phi) is 5.71. The van der Waals surface area contributed by atoms with Gasteiger partial charge in [-0.15, -0.1) is 11.3 Å². The van der Waals surface area contributed by atoms with Crippen LogP contribution in [0, 0.1) is 6.92 Å². The number of carbonyl (C=O) groups is 1. The second-order valence-electron chi connectivity index (χ2n) is 4.58. The van der Waals surface area contributed by atoms with E-state index in [-0.39, 0.29) is 12.5 Å². The van der Waals surface area contributed by atoms with Gasteiger partial charge in [-0.3, -0.25) is 4.79 Å². The zero-order chi connectivity index (χ0) is 15.1. The number of aryl methyl sites for hydroxylation is 1. The van der Waals surface area contributed by atoms with E-state index in [2.05, 4.69) is 10.3 Å². The molecule has 1 heterocycles. The van der Waals surface area contributed by atoms with Crippen LogP contribution in [-0.2, 0) is 11.4 Å². The third-order valence-corrected chi connectivity index (χ3v) is 3.62. The van der Waals surface area contributed by atoms with Gasteiger partial charge in [0.15, 0.2) is 5.13 Å². The van der Waals surface area contributed by atoms with Gasteiger partial charge >= 0.3 is 0 Å². The van der Waals surface area contributed by atoms with E-state index in [0.717, 1.165) is 16.2 Å². The van der Waals surface area contributed by atoms with E-state index in [9.17, 15) is 4.79 Å². The fourth-order valence-corrected chi connectivity index (χ4v) is 2.39. The van der Waals surface area contributed by atoms with Crippen molar-refractivity contribution < 1.29 is 14.6 Å². The van der Waals surface area contributed by atoms with Crippen LogP contribution in [-0.4, -0.2) is 22.6 Å². The minimum atomic E-state index is -0.0522. The molecule has 0 aliphatic carbocycles. The Morgan fingerprint density at radius 2 is 2.14 bits per heavy atom. The van der Waals surface area contributed by atoms with Gasteiger partial charge in [-0.05, 0) is 31.0 Å². The Hall–Kier alpha value is -1.92. The standard InChI is InChI=1S/C15H18N2O3S/c1-11-9-16-15(21-11)17-14(19)3-2-8-20-13-6-4-12(10-18)5-7-13/h4-7,9,18H,2-3,8,10H2,1H3,(H,16,17,19). The molecule has 1 amide bonds. The average molecular weight is 306 g/mol. The summed E-state index contributed by atoms with van der Waals surface area (Å²) in [6, 6.07) is 7.24. The number of carbonyl (C=O) groups excluding carboxylic acids is 1. The third-order valence-electron chi connectivity index (χ3n) is 2.79. The minimum Gasteiger partial charge on any atom is -0.494 e. The lowest BCUT2D eigenvalue weighted by molar-refractivity contribution is -0.116. The number of hydrogen-bond donors (Lipinski definition) is 2. The van der Waals surface area contributed by atoms with Gasteiger partial charge < -0.3 is 15.2 Å². The number of thiazole rings is 1. The molecule has 5 nitrogen and oxygen atoms in total. The predicted molar refractivity (Wildman–Crippen MR) is 82.6 cm³/mol. The van der Waals surface area contributed by atoms with Gasteiger partial charge in [0.05, 0.1) is 13.2 Å². The number of rotatable bonds is 7. The van der Waals surface area contributed by atoms with Gasteiger partial charge in [0.25, 0.3) is 0 Å². The van der Waals surface area contributed by atoms with Crippen molar-refractivity contribution in [3.8, 4) is 5.75 Å². The maximum Gasteiger partial charge on any atom is 0.226 e. The number of anilines is 1. The Morgan fingerprint density at radius 3 is 2.76 bits per heavy atom. The maximum atomic E-state index is 11.7. The van der Waals surface area contributed by atoms with Crippen LogP contribution in [0.25, 0.3) is 0 Å². The summed E-state index contributed by atoms with van der Waals surface area (Å²) in [6.07, 6.45) is 2.77. The zero-order valence-corrected chi connectivity index (χ0v) is 12.7. The largest absolute Gasteiger partial charge is 0.494 e. The first kappa shape index (κ1) is 15.5. The molecule has 0 aliphatic heterocycles. The van der Waals surface area contributed by atoms with Crippen molar-refractivity contribution >= 4 is 22.4 Å². The summed E-state index contributed by atoms with van der Waals surface area (Å²) in [5.74, 6) is 0.687. The molecule has 2 N–H and O–H groups in total. The number of aliphatic hydroxyl groups excluding tert-OH is 1. The SMILES string of the molecule is Cc1cnc(NC(=O)CCCOc2ccc(CO)cc2)s1. The van der Waals surface area contributed by atoms with Crippen LogP contribution < -0.4 is 10.1 Å². The predicted octanol–water partition coefficient (Wildman–Crippen LogP) is 2.74. The van der Waals surface area contributed by atoms with Crippen molar-refractivity contribution in [1.29, 1.82) is 0 Å². The van der Waals surface area contributed by atoms with Crippen molar-refractivity contribution in [2.45, 2.75) is 26.4 Å². The fourth-order valence-electron chi connectivity index (χ4n) is 1.71. The molecule has 0 saturated heterocycles. The van der Waals surface area contributed by atoms with Crippen molar-refractivity contribution in [2.24, 2.45) is 0 Å². The van der Waals surface area contributed by atoms with E-state index in [1.54, 1.807) is 6.20 Å². The average Bonchev–Trinajstić information content (AvgIpc) is 2.89. The van der Waals surface area contributed by atoms with Crippen molar-refractivity contribution in [3.05, 3.63) is 40.9 Å². The second kappa shape index (κ2) is 7.75. The van der Waals surface area contributed by atoms with Crippen LogP contribution in [0.5, 0.6) is 5.75 Å². The topological polar surface area (TPSA) is 71.5 Å². The minimum absolute atomic E-state index is 0.0245. The molecule has 2 aromatic rings. The number of aliphatic hydroxyl groups is 1. The van der Waals surface area contributed by atoms with E-state index >= 15 is 0 Å². The summed E-state index contributed by atoms with van der Waals surface area (Å²) in [7, 11) is 0. The first-order valence-electron chi connectivity index (χ1n) is 6.72. The number of ether oxygens (including phenoxy) is 1. The highest BCUT2D eigenvalue weighted by molar-refractivity contribution is 7.15. The first-order valence-corrected chi connectivity index (χ1v) is 7.54. The van der Waals surface area contributed by atoms with E-state index < -0.39 is 0 Å². The summed E-state index contributed by atoms with van der Waals surface area (Å²) in [6.45, 7) is 2.45. The summed E-state index contributed by atoms with van der Waals surface area (Å²) < 4.78 is 5.54. The van der Waals surface area contributed by atoms with Gasteiger partial charge in [0.1, 0.15) is 5.75 Å². The Bertz CT molecular complexity index is 581. The number of hydrogen-bond acceptors (Lipinski definition) is 5. The lowest BCUT2D eigenvalue weighted by atomic mass is 10.2. The first-order chi connectivity index (χ1) is 10.2. The van der Waals surface area contributed by atoms with Crippen LogP contribution in [0.4, 0.5) is 5.13 Å². The zero-order valence-electron chi connectivity index (χ0n) is 11.8. The lowest BCUT2D eigenvalue weighted by Crippen LogP contribution is -2.12. The molecule has 0 unspecified atom stereocenters. The van der Waals surface area contributed by atoms with Crippen LogP contribution >= 0.6 is 11.3 Å². The van der Waals surface area contributed by atoms with E-state index in [0.29, 0.717) is 24.6 Å². The number of aromatic nitrogens is 1. The van der Waals surface area contributed by atoms with Crippen LogP contribution in [0.15, 0.2) is 30.5 Å². The maximum absolute atomic E-state index is 11.7. The molecular weight excluding hydrogens is 288 g/mol. The van der Waals surface area contributed by atoms with E-state index in [4.69, 9.17) is 9.84 Å². The van der Waals surface area contributed by atoms with Crippen LogP contribution in [0.3, 0.4) is 0 Å². The van der Waals surface area contributed by atoms with Gasteiger partial charge in [-0.1, -0.05) is 12.1 Å². The van der Waals surface area contributed by atoms with Crippen LogP contribution in [0.2, 0.25) is 0 Å². The molecular formula is C15H18N2O3S. The molecule has 0 aliphatic rings. The highest BCUT2D eigenvalue weighted by Gasteiger charge is 2.05. The number of nitrogens with zero attached hydrogens (tertiary/aromatic N) is 1. The van der Waals surface area contributed by atoms with Crippen molar-refractivity contribution in [2.75, 3.05) is 11.9 Å². The molecule has 112 valence electrons. The monoisotopic (exact) mass is 306 g/mol. The molecule has 2 rings (SSSR count). The molecule has 0 spiro atoms. The van der Waals surface area contributed by atoms with E-state index in [1.807, 2.05) is 31.2 Å². The van der Waals surface area contributed by atoms with E-state index in [1.165, 1.54) is 11.3 Å². The van der Waals surface area contributed by atoms with Crippen molar-refractivity contribution in [3.63, 3.8) is 0 Å². The number of benzene rings is 1. The molecule has 0 radical (unpaired) electrons. The highest BCUT2D eigenvalue weighted by atomic mass is 32.1. The van der Waals surface area contributed by atoms with Gasteiger partial charge in [0.2, 0.25) is 5.91 Å². The molecule has 1 aromatic heterocycles. The Balaban J connectivity index is 1.65. The summed E-state index contributed by atoms with van der Waals surface area (Å²) in [5, 5.41) is 12.3. The summed E-state index contributed by atoms with van der Waals surface area (Å²) in [5.41, 5.74) is 0.848. The quantitative estimate of drug-likeness (QED) is 0.772. The molecule has 0 bridgehead atoms. The molecule has 0 fully saturated rings. The Morgan fingerprint density at radius 1 is 1.38 bits per heavy atom. The highest BCUT2D eigenvalue weighted by Crippen LogP contribution is 2.17. The third kappa shape index (κ3) is 5.17. The van der Waals surface area contributed by atoms with Crippen molar-refractivity contribution in [1.82, 2.24) is 4.98 Å². The number of nitrogens with one attached hydrogen (secondary N) is 1. The summed E-state index contributed by atoms with van der Waals surface area (Å²) in [4.78, 5) is 16.8. The van der Waals surface area contributed by atoms with Gasteiger partial charge in [0, 0.05) is 17.5 Å². The fraction of sp³-hybridized carbons (Fsp3) is 0.333. The lowest BCUT2D eigenvalue weighted by Gasteiger charge is -2.06. The molecule has 6 heteroatoms. The van der Waals surface area contributed by atoms with Crippen LogP contribution in [0.1, 0.15) is 23.3 Å².